The monoisotopic (exact) mass is 453 g/mol. The molecule has 3 aromatic carbocycles. The highest BCUT2D eigenvalue weighted by molar-refractivity contribution is 9.15. The zero-order valence-corrected chi connectivity index (χ0v) is 17.6. The Morgan fingerprint density at radius 1 is 0.900 bits per heavy atom. The van der Waals surface area contributed by atoms with Crippen molar-refractivity contribution in [3.63, 3.8) is 0 Å². The Kier molecular flexibility index (Phi) is 3.22. The summed E-state index contributed by atoms with van der Waals surface area (Å²) in [6.07, 6.45) is 4.25. The minimum atomic E-state index is 0.909. The molecule has 30 heavy (non-hydrogen) atoms. The molecule has 7 rings (SSSR count). The topological polar surface area (TPSA) is 35.4 Å². The molecule has 0 aliphatic heterocycles. The zero-order chi connectivity index (χ0) is 19.8. The number of halogens is 1. The second-order valence-electron chi connectivity index (χ2n) is 7.74. The van der Waals surface area contributed by atoms with Crippen molar-refractivity contribution in [3.8, 4) is 5.69 Å². The number of hydrogen-bond donors (Lipinski definition) is 0. The number of hydrogen-bond acceptors (Lipinski definition) is 2. The van der Waals surface area contributed by atoms with Crippen LogP contribution in [0.15, 0.2) is 77.2 Å². The van der Waals surface area contributed by atoms with Crippen LogP contribution in [0.5, 0.6) is 0 Å². The summed E-state index contributed by atoms with van der Waals surface area (Å²) in [5.41, 5.74) is 7.55. The third-order valence-electron chi connectivity index (χ3n) is 6.06. The van der Waals surface area contributed by atoms with E-state index in [1.165, 1.54) is 11.4 Å². The Labute approximate surface area is 180 Å². The Balaban J connectivity index is 1.62. The number of rotatable bonds is 1. The van der Waals surface area contributed by atoms with Gasteiger partial charge in [0.2, 0.25) is 5.78 Å². The van der Waals surface area contributed by atoms with Gasteiger partial charge in [-0.1, -0.05) is 36.4 Å². The summed E-state index contributed by atoms with van der Waals surface area (Å²) in [5, 5.41) is 2.27. The number of imidazole rings is 2. The molecule has 5 heteroatoms. The molecule has 0 N–H and O–H groups in total. The van der Waals surface area contributed by atoms with Gasteiger partial charge in [-0.25, -0.2) is 4.98 Å². The van der Waals surface area contributed by atoms with E-state index >= 15 is 0 Å². The van der Waals surface area contributed by atoms with Gasteiger partial charge in [0.25, 0.3) is 0 Å². The number of furan rings is 1. The van der Waals surface area contributed by atoms with E-state index in [9.17, 15) is 0 Å². The Morgan fingerprint density at radius 2 is 1.73 bits per heavy atom. The number of allylic oxidation sites excluding steroid dienone is 1. The summed E-state index contributed by atoms with van der Waals surface area (Å²) >= 11 is 3.81. The van der Waals surface area contributed by atoms with Crippen molar-refractivity contribution in [2.75, 3.05) is 0 Å². The molecule has 3 aromatic heterocycles. The van der Waals surface area contributed by atoms with Crippen LogP contribution in [0.4, 0.5) is 0 Å². The molecular weight excluding hydrogens is 438 g/mol. The fraction of sp³-hybridized carbons (Fsp3) is 0.0800. The van der Waals surface area contributed by atoms with Crippen molar-refractivity contribution in [1.29, 1.82) is 0 Å². The first-order valence-corrected chi connectivity index (χ1v) is 10.9. The lowest BCUT2D eigenvalue weighted by molar-refractivity contribution is 0.669. The van der Waals surface area contributed by atoms with Crippen LogP contribution in [0.25, 0.3) is 48.9 Å². The van der Waals surface area contributed by atoms with Gasteiger partial charge in [0, 0.05) is 20.9 Å². The highest BCUT2D eigenvalue weighted by Gasteiger charge is 2.25. The van der Waals surface area contributed by atoms with Crippen molar-refractivity contribution < 1.29 is 4.42 Å². The Hall–Kier alpha value is -3.31. The standard InChI is InChI=1S/C25H16BrN3O/c26-18-7-5-10-21-24(18)29-20-9-3-2-8-19(20)27-25(29)28(21)15-12-13-23-17(14-15)16-6-1-4-11-22(16)30-23/h1-4,6-9,11-14H,5,10H2. The molecule has 0 fully saturated rings. The van der Waals surface area contributed by atoms with E-state index in [0.717, 1.165) is 61.8 Å². The highest BCUT2D eigenvalue weighted by Crippen LogP contribution is 2.38. The predicted molar refractivity (Wildman–Crippen MR) is 125 cm³/mol. The van der Waals surface area contributed by atoms with Crippen molar-refractivity contribution in [2.24, 2.45) is 0 Å². The van der Waals surface area contributed by atoms with E-state index in [1.54, 1.807) is 0 Å². The molecule has 0 spiro atoms. The first-order chi connectivity index (χ1) is 14.8. The lowest BCUT2D eigenvalue weighted by Gasteiger charge is -2.14. The quantitative estimate of drug-likeness (QED) is 0.272. The summed E-state index contributed by atoms with van der Waals surface area (Å²) in [5.74, 6) is 0.945. The van der Waals surface area contributed by atoms with Gasteiger partial charge in [-0.15, -0.1) is 0 Å². The minimum Gasteiger partial charge on any atom is -0.456 e. The minimum absolute atomic E-state index is 0.909. The lowest BCUT2D eigenvalue weighted by Crippen LogP contribution is -2.04. The van der Waals surface area contributed by atoms with E-state index in [-0.39, 0.29) is 0 Å². The molecule has 0 saturated heterocycles. The van der Waals surface area contributed by atoms with Crippen LogP contribution in [0.1, 0.15) is 17.8 Å². The maximum Gasteiger partial charge on any atom is 0.220 e. The van der Waals surface area contributed by atoms with Crippen molar-refractivity contribution in [3.05, 3.63) is 84.2 Å². The molecule has 0 bridgehead atoms. The fourth-order valence-corrected chi connectivity index (χ4v) is 5.41. The molecule has 144 valence electrons. The summed E-state index contributed by atoms with van der Waals surface area (Å²) in [7, 11) is 0. The molecule has 0 amide bonds. The van der Waals surface area contributed by atoms with E-state index in [1.807, 2.05) is 18.2 Å². The summed E-state index contributed by atoms with van der Waals surface area (Å²) in [6.45, 7) is 0. The van der Waals surface area contributed by atoms with Gasteiger partial charge in [0.05, 0.1) is 22.4 Å². The van der Waals surface area contributed by atoms with Crippen LogP contribution < -0.4 is 0 Å². The van der Waals surface area contributed by atoms with Gasteiger partial charge in [0.1, 0.15) is 11.2 Å². The summed E-state index contributed by atoms with van der Waals surface area (Å²) < 4.78 is 11.8. The molecular formula is C25H16BrN3O. The van der Waals surface area contributed by atoms with Crippen LogP contribution in [0, 0.1) is 0 Å². The third kappa shape index (κ3) is 2.08. The molecule has 4 nitrogen and oxygen atoms in total. The molecule has 3 heterocycles. The Bertz CT molecular complexity index is 1660. The van der Waals surface area contributed by atoms with E-state index in [2.05, 4.69) is 79.5 Å². The number of nitrogens with zero attached hydrogens (tertiary/aromatic N) is 3. The van der Waals surface area contributed by atoms with Crippen molar-refractivity contribution >= 4 is 59.2 Å². The SMILES string of the molecule is BrC1=CCCc2c1n1c3ccccc3nc1n2-c1ccc2oc3ccccc3c2c1. The average Bonchev–Trinajstić information content (AvgIpc) is 3.42. The third-order valence-corrected chi connectivity index (χ3v) is 6.76. The number of fused-ring (bicyclic) bond motifs is 8. The van der Waals surface area contributed by atoms with Crippen LogP contribution in [-0.2, 0) is 6.42 Å². The van der Waals surface area contributed by atoms with Gasteiger partial charge < -0.3 is 4.42 Å². The van der Waals surface area contributed by atoms with Gasteiger partial charge in [0.15, 0.2) is 0 Å². The van der Waals surface area contributed by atoms with Gasteiger partial charge in [-0.05, 0) is 65.2 Å². The largest absolute Gasteiger partial charge is 0.456 e. The van der Waals surface area contributed by atoms with Gasteiger partial charge in [-0.2, -0.15) is 0 Å². The number of benzene rings is 3. The van der Waals surface area contributed by atoms with Crippen LogP contribution in [-0.4, -0.2) is 14.0 Å². The lowest BCUT2D eigenvalue weighted by atomic mass is 10.1. The van der Waals surface area contributed by atoms with E-state index < -0.39 is 0 Å². The first kappa shape index (κ1) is 16.5. The number of para-hydroxylation sites is 3. The van der Waals surface area contributed by atoms with Gasteiger partial charge in [-0.3, -0.25) is 8.97 Å². The zero-order valence-electron chi connectivity index (χ0n) is 16.0. The second-order valence-corrected chi connectivity index (χ2v) is 8.59. The van der Waals surface area contributed by atoms with Crippen LogP contribution >= 0.6 is 15.9 Å². The maximum atomic E-state index is 6.04. The van der Waals surface area contributed by atoms with Gasteiger partial charge >= 0.3 is 0 Å². The molecule has 0 saturated carbocycles. The molecule has 0 radical (unpaired) electrons. The van der Waals surface area contributed by atoms with E-state index in [0.29, 0.717) is 0 Å². The number of aromatic nitrogens is 3. The first-order valence-electron chi connectivity index (χ1n) is 10.1. The Morgan fingerprint density at radius 3 is 2.70 bits per heavy atom. The molecule has 1 aliphatic rings. The van der Waals surface area contributed by atoms with Crippen molar-refractivity contribution in [2.45, 2.75) is 12.8 Å². The second kappa shape index (κ2) is 5.86. The maximum absolute atomic E-state index is 6.04. The van der Waals surface area contributed by atoms with Crippen molar-refractivity contribution in [1.82, 2.24) is 14.0 Å². The molecule has 6 aromatic rings. The van der Waals surface area contributed by atoms with E-state index in [4.69, 9.17) is 9.40 Å². The summed E-state index contributed by atoms with van der Waals surface area (Å²) in [6, 6.07) is 23.0. The molecule has 0 atom stereocenters. The highest BCUT2D eigenvalue weighted by atomic mass is 79.9. The summed E-state index contributed by atoms with van der Waals surface area (Å²) in [4.78, 5) is 5.02. The van der Waals surface area contributed by atoms with Crippen LogP contribution in [0.2, 0.25) is 0 Å². The molecule has 1 aliphatic carbocycles. The average molecular weight is 454 g/mol. The molecule has 0 unspecified atom stereocenters. The fourth-order valence-electron chi connectivity index (χ4n) is 4.77. The smallest absolute Gasteiger partial charge is 0.220 e. The van der Waals surface area contributed by atoms with Crippen LogP contribution in [0.3, 0.4) is 0 Å². The normalized spacial score (nSPS) is 14.1. The predicted octanol–water partition coefficient (Wildman–Crippen LogP) is 6.86.